The van der Waals surface area contributed by atoms with Crippen LogP contribution in [0.25, 0.3) is 0 Å². The quantitative estimate of drug-likeness (QED) is 0.776. The highest BCUT2D eigenvalue weighted by Crippen LogP contribution is 2.15. The van der Waals surface area contributed by atoms with Crippen LogP contribution in [0.2, 0.25) is 0 Å². The van der Waals surface area contributed by atoms with Crippen LogP contribution in [0.4, 0.5) is 0 Å². The van der Waals surface area contributed by atoms with Gasteiger partial charge in [0.25, 0.3) is 0 Å². The molecule has 0 spiro atoms. The zero-order chi connectivity index (χ0) is 12.1. The predicted octanol–water partition coefficient (Wildman–Crippen LogP) is 2.06. The van der Waals surface area contributed by atoms with Gasteiger partial charge in [-0.1, -0.05) is 6.92 Å². The van der Waals surface area contributed by atoms with Crippen molar-refractivity contribution >= 4 is 5.97 Å². The topological polar surface area (TPSA) is 49.8 Å². The van der Waals surface area contributed by atoms with Crippen molar-refractivity contribution in [1.82, 2.24) is 4.90 Å². The molecule has 1 aromatic rings. The third-order valence-corrected chi connectivity index (χ3v) is 2.30. The summed E-state index contributed by atoms with van der Waals surface area (Å²) in [6.07, 6.45) is 0.879. The first-order chi connectivity index (χ1) is 7.54. The third-order valence-electron chi connectivity index (χ3n) is 2.30. The fraction of sp³-hybridized carbons (Fsp3) is 0.417. The molecule has 0 saturated carbocycles. The molecule has 0 radical (unpaired) electrons. The summed E-state index contributed by atoms with van der Waals surface area (Å²) >= 11 is 0. The summed E-state index contributed by atoms with van der Waals surface area (Å²) < 4.78 is 5.69. The van der Waals surface area contributed by atoms with Crippen molar-refractivity contribution in [2.75, 3.05) is 14.1 Å². The predicted molar refractivity (Wildman–Crippen MR) is 61.8 cm³/mol. The molecule has 1 atom stereocenters. The van der Waals surface area contributed by atoms with Crippen LogP contribution in [-0.4, -0.2) is 36.3 Å². The molecule has 4 nitrogen and oxygen atoms in total. The number of carboxylic acid groups (broad SMARTS) is 1. The van der Waals surface area contributed by atoms with Gasteiger partial charge in [0, 0.05) is 0 Å². The zero-order valence-corrected chi connectivity index (χ0v) is 9.80. The Labute approximate surface area is 95.5 Å². The molecule has 0 aliphatic heterocycles. The Balaban J connectivity index is 2.71. The molecule has 0 aliphatic rings. The SMILES string of the molecule is CCC(Oc1ccc(C(=O)O)cc1)N(C)C. The van der Waals surface area contributed by atoms with E-state index >= 15 is 0 Å². The van der Waals surface area contributed by atoms with Gasteiger partial charge in [0.1, 0.15) is 5.75 Å². The van der Waals surface area contributed by atoms with Crippen LogP contribution < -0.4 is 4.74 Å². The van der Waals surface area contributed by atoms with Gasteiger partial charge < -0.3 is 9.84 Å². The fourth-order valence-corrected chi connectivity index (χ4v) is 1.39. The minimum absolute atomic E-state index is 0.00989. The first-order valence-corrected chi connectivity index (χ1v) is 5.21. The maximum Gasteiger partial charge on any atom is 0.335 e. The maximum absolute atomic E-state index is 10.6. The summed E-state index contributed by atoms with van der Waals surface area (Å²) in [5.74, 6) is -0.239. The van der Waals surface area contributed by atoms with Gasteiger partial charge in [-0.15, -0.1) is 0 Å². The van der Waals surface area contributed by atoms with Crippen molar-refractivity contribution in [1.29, 1.82) is 0 Å². The molecule has 16 heavy (non-hydrogen) atoms. The first kappa shape index (κ1) is 12.5. The van der Waals surface area contributed by atoms with Gasteiger partial charge in [0.05, 0.1) is 5.56 Å². The van der Waals surface area contributed by atoms with Crippen molar-refractivity contribution in [3.63, 3.8) is 0 Å². The van der Waals surface area contributed by atoms with Crippen LogP contribution in [0.15, 0.2) is 24.3 Å². The van der Waals surface area contributed by atoms with E-state index in [1.54, 1.807) is 24.3 Å². The molecular formula is C12H17NO3. The minimum atomic E-state index is -0.925. The molecule has 0 amide bonds. The molecule has 0 bridgehead atoms. The molecule has 4 heteroatoms. The Morgan fingerprint density at radius 2 is 1.94 bits per heavy atom. The number of aromatic carboxylic acids is 1. The second-order valence-electron chi connectivity index (χ2n) is 3.77. The second-order valence-corrected chi connectivity index (χ2v) is 3.77. The van der Waals surface area contributed by atoms with Gasteiger partial charge >= 0.3 is 5.97 Å². The number of nitrogens with zero attached hydrogens (tertiary/aromatic N) is 1. The van der Waals surface area contributed by atoms with E-state index in [2.05, 4.69) is 0 Å². The normalized spacial score (nSPS) is 12.5. The highest BCUT2D eigenvalue weighted by Gasteiger charge is 2.10. The first-order valence-electron chi connectivity index (χ1n) is 5.21. The van der Waals surface area contributed by atoms with Gasteiger partial charge in [-0.3, -0.25) is 4.90 Å². The van der Waals surface area contributed by atoms with Crippen molar-refractivity contribution in [2.24, 2.45) is 0 Å². The molecule has 1 rings (SSSR count). The highest BCUT2D eigenvalue weighted by atomic mass is 16.5. The fourth-order valence-electron chi connectivity index (χ4n) is 1.39. The van der Waals surface area contributed by atoms with E-state index in [9.17, 15) is 4.79 Å². The smallest absolute Gasteiger partial charge is 0.335 e. The summed E-state index contributed by atoms with van der Waals surface area (Å²) in [7, 11) is 3.89. The van der Waals surface area contributed by atoms with Gasteiger partial charge in [0.15, 0.2) is 6.23 Å². The molecule has 88 valence electrons. The average molecular weight is 223 g/mol. The lowest BCUT2D eigenvalue weighted by Crippen LogP contribution is -2.32. The molecule has 0 saturated heterocycles. The molecule has 0 fully saturated rings. The molecule has 1 unspecified atom stereocenters. The van der Waals surface area contributed by atoms with E-state index in [1.807, 2.05) is 25.9 Å². The number of hydrogen-bond donors (Lipinski definition) is 1. The van der Waals surface area contributed by atoms with Crippen LogP contribution >= 0.6 is 0 Å². The number of hydrogen-bond acceptors (Lipinski definition) is 3. The molecule has 1 N–H and O–H groups in total. The molecule has 0 aliphatic carbocycles. The Bertz CT molecular complexity index is 346. The minimum Gasteiger partial charge on any atom is -0.478 e. The average Bonchev–Trinajstić information content (AvgIpc) is 2.26. The standard InChI is InChI=1S/C12H17NO3/c1-4-11(13(2)3)16-10-7-5-9(6-8-10)12(14)15/h5-8,11H,4H2,1-3H3,(H,14,15). The van der Waals surface area contributed by atoms with E-state index < -0.39 is 5.97 Å². The molecule has 0 aromatic heterocycles. The Morgan fingerprint density at radius 1 is 1.38 bits per heavy atom. The number of ether oxygens (including phenoxy) is 1. The summed E-state index contributed by atoms with van der Waals surface area (Å²) in [6.45, 7) is 2.04. The lowest BCUT2D eigenvalue weighted by Gasteiger charge is -2.23. The van der Waals surface area contributed by atoms with E-state index in [0.717, 1.165) is 6.42 Å². The van der Waals surface area contributed by atoms with Crippen molar-refractivity contribution < 1.29 is 14.6 Å². The van der Waals surface area contributed by atoms with Crippen LogP contribution in [-0.2, 0) is 0 Å². The number of benzene rings is 1. The zero-order valence-electron chi connectivity index (χ0n) is 9.80. The van der Waals surface area contributed by atoms with Crippen LogP contribution in [0, 0.1) is 0 Å². The van der Waals surface area contributed by atoms with Crippen molar-refractivity contribution in [3.05, 3.63) is 29.8 Å². The van der Waals surface area contributed by atoms with Gasteiger partial charge in [-0.2, -0.15) is 0 Å². The van der Waals surface area contributed by atoms with E-state index in [-0.39, 0.29) is 11.8 Å². The van der Waals surface area contributed by atoms with E-state index in [1.165, 1.54) is 0 Å². The number of carbonyl (C=O) groups is 1. The van der Waals surface area contributed by atoms with Crippen LogP contribution in [0.3, 0.4) is 0 Å². The van der Waals surface area contributed by atoms with Crippen molar-refractivity contribution in [3.8, 4) is 5.75 Å². The molecule has 0 heterocycles. The van der Waals surface area contributed by atoms with Gasteiger partial charge in [-0.25, -0.2) is 4.79 Å². The Kier molecular flexibility index (Phi) is 4.31. The number of carboxylic acids is 1. The molecular weight excluding hydrogens is 206 g/mol. The second kappa shape index (κ2) is 5.51. The monoisotopic (exact) mass is 223 g/mol. The lowest BCUT2D eigenvalue weighted by atomic mass is 10.2. The third kappa shape index (κ3) is 3.24. The van der Waals surface area contributed by atoms with Crippen molar-refractivity contribution in [2.45, 2.75) is 19.6 Å². The Morgan fingerprint density at radius 3 is 2.31 bits per heavy atom. The van der Waals surface area contributed by atoms with E-state index in [0.29, 0.717) is 5.75 Å². The van der Waals surface area contributed by atoms with E-state index in [4.69, 9.17) is 9.84 Å². The Hall–Kier alpha value is -1.55. The highest BCUT2D eigenvalue weighted by molar-refractivity contribution is 5.87. The maximum atomic E-state index is 10.6. The summed E-state index contributed by atoms with van der Waals surface area (Å²) in [6, 6.07) is 6.44. The largest absolute Gasteiger partial charge is 0.478 e. The number of rotatable bonds is 5. The summed E-state index contributed by atoms with van der Waals surface area (Å²) in [4.78, 5) is 12.6. The summed E-state index contributed by atoms with van der Waals surface area (Å²) in [5, 5.41) is 8.74. The molecule has 1 aromatic carbocycles. The summed E-state index contributed by atoms with van der Waals surface area (Å²) in [5.41, 5.74) is 0.269. The lowest BCUT2D eigenvalue weighted by molar-refractivity contribution is 0.0611. The van der Waals surface area contributed by atoms with Crippen LogP contribution in [0.1, 0.15) is 23.7 Å². The van der Waals surface area contributed by atoms with Gasteiger partial charge in [-0.05, 0) is 44.8 Å². The van der Waals surface area contributed by atoms with Crippen LogP contribution in [0.5, 0.6) is 5.75 Å². The van der Waals surface area contributed by atoms with Gasteiger partial charge in [0.2, 0.25) is 0 Å².